The predicted octanol–water partition coefficient (Wildman–Crippen LogP) is 1.79. The topological polar surface area (TPSA) is 51.2 Å². The second-order valence-electron chi connectivity index (χ2n) is 4.15. The molecule has 0 fully saturated rings. The maximum Gasteiger partial charge on any atom is 0.139 e. The third-order valence-corrected chi connectivity index (χ3v) is 3.29. The molecule has 15 heavy (non-hydrogen) atoms. The number of hydrogen-bond acceptors (Lipinski definition) is 2. The lowest BCUT2D eigenvalue weighted by molar-refractivity contribution is 0.472. The van der Waals surface area contributed by atoms with Crippen molar-refractivity contribution in [2.45, 2.75) is 18.9 Å². The lowest BCUT2D eigenvalue weighted by Crippen LogP contribution is -2.15. The molecule has 0 spiro atoms. The van der Waals surface area contributed by atoms with Crippen molar-refractivity contribution in [2.75, 3.05) is 6.54 Å². The van der Waals surface area contributed by atoms with Crippen molar-refractivity contribution in [3.8, 4) is 5.75 Å². The van der Waals surface area contributed by atoms with E-state index in [2.05, 4.69) is 10.6 Å². The van der Waals surface area contributed by atoms with Gasteiger partial charge in [0.1, 0.15) is 5.75 Å². The Hall–Kier alpha value is -1.48. The summed E-state index contributed by atoms with van der Waals surface area (Å²) in [6.07, 6.45) is 2.16. The quantitative estimate of drug-likeness (QED) is 0.740. The van der Waals surface area contributed by atoms with E-state index in [9.17, 15) is 5.11 Å². The number of aromatic hydroxyl groups is 1. The minimum absolute atomic E-state index is 0.353. The first-order valence-electron chi connectivity index (χ1n) is 5.33. The first kappa shape index (κ1) is 8.80. The SMILES string of the molecule is NCC1CCc2cc3cccc(O)c3n21. The van der Waals surface area contributed by atoms with Gasteiger partial charge in [-0.3, -0.25) is 0 Å². The van der Waals surface area contributed by atoms with Crippen LogP contribution in [0, 0.1) is 0 Å². The second kappa shape index (κ2) is 3.00. The summed E-state index contributed by atoms with van der Waals surface area (Å²) in [6.45, 7) is 0.644. The zero-order valence-electron chi connectivity index (χ0n) is 8.48. The first-order valence-corrected chi connectivity index (χ1v) is 5.33. The van der Waals surface area contributed by atoms with E-state index in [1.807, 2.05) is 12.1 Å². The molecule has 1 unspecified atom stereocenters. The lowest BCUT2D eigenvalue weighted by atomic mass is 10.1. The first-order chi connectivity index (χ1) is 7.31. The molecule has 3 nitrogen and oxygen atoms in total. The number of nitrogens with two attached hydrogens (primary N) is 1. The number of nitrogens with zero attached hydrogens (tertiary/aromatic N) is 1. The van der Waals surface area contributed by atoms with Gasteiger partial charge in [-0.25, -0.2) is 0 Å². The summed E-state index contributed by atoms with van der Waals surface area (Å²) in [7, 11) is 0. The molecule has 1 aliphatic rings. The predicted molar refractivity (Wildman–Crippen MR) is 60.0 cm³/mol. The normalized spacial score (nSPS) is 19.7. The summed E-state index contributed by atoms with van der Waals surface area (Å²) in [4.78, 5) is 0. The van der Waals surface area contributed by atoms with Crippen LogP contribution in [0.5, 0.6) is 5.75 Å². The molecule has 1 atom stereocenters. The zero-order chi connectivity index (χ0) is 10.4. The third kappa shape index (κ3) is 1.10. The van der Waals surface area contributed by atoms with Crippen LogP contribution in [0.25, 0.3) is 10.9 Å². The van der Waals surface area contributed by atoms with E-state index in [0.717, 1.165) is 23.7 Å². The molecule has 3 N–H and O–H groups in total. The number of para-hydroxylation sites is 1. The largest absolute Gasteiger partial charge is 0.506 e. The number of fused-ring (bicyclic) bond motifs is 3. The van der Waals surface area contributed by atoms with Gasteiger partial charge in [-0.05, 0) is 25.0 Å². The van der Waals surface area contributed by atoms with Crippen LogP contribution in [0.15, 0.2) is 24.3 Å². The van der Waals surface area contributed by atoms with E-state index in [-0.39, 0.29) is 0 Å². The Morgan fingerprint density at radius 2 is 2.33 bits per heavy atom. The average Bonchev–Trinajstić information content (AvgIpc) is 2.75. The summed E-state index contributed by atoms with van der Waals surface area (Å²) in [5, 5.41) is 11.0. The molecule has 3 rings (SSSR count). The zero-order valence-corrected chi connectivity index (χ0v) is 8.48. The van der Waals surface area contributed by atoms with Crippen molar-refractivity contribution in [3.63, 3.8) is 0 Å². The number of aromatic nitrogens is 1. The van der Waals surface area contributed by atoms with Gasteiger partial charge in [0.05, 0.1) is 5.52 Å². The Morgan fingerprint density at radius 3 is 3.13 bits per heavy atom. The monoisotopic (exact) mass is 202 g/mol. The van der Waals surface area contributed by atoms with E-state index in [0.29, 0.717) is 18.3 Å². The van der Waals surface area contributed by atoms with Crippen molar-refractivity contribution in [1.29, 1.82) is 0 Å². The number of hydrogen-bond donors (Lipinski definition) is 2. The Labute approximate surface area is 88.1 Å². The number of rotatable bonds is 1. The van der Waals surface area contributed by atoms with Crippen molar-refractivity contribution in [3.05, 3.63) is 30.0 Å². The minimum Gasteiger partial charge on any atom is -0.506 e. The van der Waals surface area contributed by atoms with Crippen LogP contribution in [0.2, 0.25) is 0 Å². The van der Waals surface area contributed by atoms with Gasteiger partial charge >= 0.3 is 0 Å². The van der Waals surface area contributed by atoms with E-state index >= 15 is 0 Å². The molecule has 0 bridgehead atoms. The highest BCUT2D eigenvalue weighted by atomic mass is 16.3. The van der Waals surface area contributed by atoms with Crippen LogP contribution in [0.3, 0.4) is 0 Å². The summed E-state index contributed by atoms with van der Waals surface area (Å²) in [5.41, 5.74) is 7.98. The molecule has 0 aliphatic carbocycles. The number of phenolic OH excluding ortho intramolecular Hbond substituents is 1. The average molecular weight is 202 g/mol. The fourth-order valence-corrected chi connectivity index (χ4v) is 2.60. The van der Waals surface area contributed by atoms with Gasteiger partial charge in [0.25, 0.3) is 0 Å². The van der Waals surface area contributed by atoms with Gasteiger partial charge in [0.15, 0.2) is 0 Å². The highest BCUT2D eigenvalue weighted by Gasteiger charge is 2.24. The van der Waals surface area contributed by atoms with Gasteiger partial charge in [-0.15, -0.1) is 0 Å². The van der Waals surface area contributed by atoms with Crippen LogP contribution in [0.1, 0.15) is 18.2 Å². The Bertz CT molecular complexity index is 516. The Morgan fingerprint density at radius 1 is 1.47 bits per heavy atom. The molecule has 0 radical (unpaired) electrons. The van der Waals surface area contributed by atoms with Crippen molar-refractivity contribution in [1.82, 2.24) is 4.57 Å². The second-order valence-corrected chi connectivity index (χ2v) is 4.15. The molecule has 1 aromatic carbocycles. The van der Waals surface area contributed by atoms with Gasteiger partial charge in [0.2, 0.25) is 0 Å². The molecule has 0 saturated carbocycles. The van der Waals surface area contributed by atoms with E-state index < -0.39 is 0 Å². The fourth-order valence-electron chi connectivity index (χ4n) is 2.60. The molecular formula is C12H14N2O. The van der Waals surface area contributed by atoms with Crippen LogP contribution in [0.4, 0.5) is 0 Å². The van der Waals surface area contributed by atoms with Crippen molar-refractivity contribution >= 4 is 10.9 Å². The van der Waals surface area contributed by atoms with Gasteiger partial charge in [0, 0.05) is 23.7 Å². The van der Waals surface area contributed by atoms with Crippen molar-refractivity contribution < 1.29 is 5.11 Å². The van der Waals surface area contributed by atoms with E-state index in [1.165, 1.54) is 5.69 Å². The van der Waals surface area contributed by atoms with E-state index in [1.54, 1.807) is 6.07 Å². The molecule has 3 heteroatoms. The van der Waals surface area contributed by atoms with Crippen LogP contribution in [-0.4, -0.2) is 16.2 Å². The third-order valence-electron chi connectivity index (χ3n) is 3.29. The summed E-state index contributed by atoms with van der Waals surface area (Å²) < 4.78 is 2.20. The summed E-state index contributed by atoms with van der Waals surface area (Å²) in [6, 6.07) is 8.16. The molecule has 1 aromatic heterocycles. The molecule has 0 amide bonds. The number of phenols is 1. The molecule has 2 aromatic rings. The van der Waals surface area contributed by atoms with Gasteiger partial charge in [-0.2, -0.15) is 0 Å². The maximum atomic E-state index is 9.88. The molecule has 0 saturated heterocycles. The molecular weight excluding hydrogens is 188 g/mol. The van der Waals surface area contributed by atoms with Gasteiger partial charge < -0.3 is 15.4 Å². The summed E-state index contributed by atoms with van der Waals surface area (Å²) in [5.74, 6) is 0.360. The molecule has 2 heterocycles. The lowest BCUT2D eigenvalue weighted by Gasteiger charge is -2.12. The number of aryl methyl sites for hydroxylation is 1. The molecule has 78 valence electrons. The minimum atomic E-state index is 0.353. The standard InChI is InChI=1S/C12H14N2O/c13-7-10-5-4-9-6-8-2-1-3-11(15)12(8)14(9)10/h1-3,6,10,15H,4-5,7,13H2. The highest BCUT2D eigenvalue weighted by Crippen LogP contribution is 2.36. The van der Waals surface area contributed by atoms with Crippen molar-refractivity contribution in [2.24, 2.45) is 5.73 Å². The fraction of sp³-hybridized carbons (Fsp3) is 0.333. The Kier molecular flexibility index (Phi) is 1.76. The summed E-state index contributed by atoms with van der Waals surface area (Å²) >= 11 is 0. The van der Waals surface area contributed by atoms with E-state index in [4.69, 9.17) is 5.73 Å². The van der Waals surface area contributed by atoms with Crippen LogP contribution >= 0.6 is 0 Å². The molecule has 1 aliphatic heterocycles. The van der Waals surface area contributed by atoms with Gasteiger partial charge in [-0.1, -0.05) is 12.1 Å². The Balaban J connectivity index is 2.34. The highest BCUT2D eigenvalue weighted by molar-refractivity contribution is 5.87. The maximum absolute atomic E-state index is 9.88. The smallest absolute Gasteiger partial charge is 0.139 e. The van der Waals surface area contributed by atoms with Crippen LogP contribution in [-0.2, 0) is 6.42 Å². The van der Waals surface area contributed by atoms with Crippen LogP contribution < -0.4 is 5.73 Å². The number of benzene rings is 1.